The smallest absolute Gasteiger partial charge is 0.306 e. The maximum absolute atomic E-state index is 12.6. The summed E-state index contributed by atoms with van der Waals surface area (Å²) in [5, 5.41) is 0. The number of hydrogen-bond donors (Lipinski definition) is 0. The largest absolute Gasteiger partial charge is 0.462 e. The third-order valence-corrected chi connectivity index (χ3v) is 10.8. The second-order valence-electron chi connectivity index (χ2n) is 16.9. The molecule has 54 heavy (non-hydrogen) atoms. The minimum absolute atomic E-state index is 0.0640. The quantitative estimate of drug-likeness (QED) is 0.0349. The molecule has 0 radical (unpaired) electrons. The summed E-state index contributed by atoms with van der Waals surface area (Å²) in [6.07, 6.45) is 42.4. The maximum atomic E-state index is 12.6. The summed E-state index contributed by atoms with van der Waals surface area (Å²) in [4.78, 5) is 37.6. The number of rotatable bonds is 43. The summed E-state index contributed by atoms with van der Waals surface area (Å²) in [6.45, 7) is 8.96. The molecular formula is C48H92O6. The molecule has 0 aromatic carbocycles. The van der Waals surface area contributed by atoms with Gasteiger partial charge in [-0.05, 0) is 25.2 Å². The van der Waals surface area contributed by atoms with Crippen molar-refractivity contribution < 1.29 is 28.6 Å². The van der Waals surface area contributed by atoms with Crippen molar-refractivity contribution in [3.8, 4) is 0 Å². The molecule has 0 fully saturated rings. The first-order valence-electron chi connectivity index (χ1n) is 23.9. The van der Waals surface area contributed by atoms with E-state index in [1.54, 1.807) is 0 Å². The Balaban J connectivity index is 4.20. The monoisotopic (exact) mass is 765 g/mol. The highest BCUT2D eigenvalue weighted by Gasteiger charge is 2.19. The van der Waals surface area contributed by atoms with Crippen LogP contribution in [0.4, 0.5) is 0 Å². The Bertz CT molecular complexity index is 811. The van der Waals surface area contributed by atoms with Crippen LogP contribution in [0.25, 0.3) is 0 Å². The highest BCUT2D eigenvalue weighted by molar-refractivity contribution is 5.71. The van der Waals surface area contributed by atoms with E-state index in [-0.39, 0.29) is 31.1 Å². The van der Waals surface area contributed by atoms with E-state index < -0.39 is 6.10 Å². The van der Waals surface area contributed by atoms with Gasteiger partial charge < -0.3 is 14.2 Å². The summed E-state index contributed by atoms with van der Waals surface area (Å²) in [7, 11) is 0. The molecule has 0 aliphatic heterocycles. The van der Waals surface area contributed by atoms with Crippen molar-refractivity contribution in [2.75, 3.05) is 13.2 Å². The van der Waals surface area contributed by atoms with Crippen LogP contribution in [0.15, 0.2) is 0 Å². The zero-order valence-corrected chi connectivity index (χ0v) is 36.7. The van der Waals surface area contributed by atoms with Gasteiger partial charge in [0.25, 0.3) is 0 Å². The molecule has 320 valence electrons. The molecule has 0 N–H and O–H groups in total. The SMILES string of the molecule is CCCCCCCCCCCCCCCCCCC(=O)OC[C@H](COC(=O)CCCCCCCCCCCCC(C)C)OC(=O)CCCCCCCCC. The first-order chi connectivity index (χ1) is 26.4. The Kier molecular flexibility index (Phi) is 41.3. The molecule has 0 aliphatic rings. The number of ether oxygens (including phenoxy) is 3. The molecule has 0 amide bonds. The van der Waals surface area contributed by atoms with E-state index in [0.717, 1.165) is 63.7 Å². The van der Waals surface area contributed by atoms with Crippen LogP contribution in [0, 0.1) is 5.92 Å². The predicted molar refractivity (Wildman–Crippen MR) is 229 cm³/mol. The van der Waals surface area contributed by atoms with Crippen molar-refractivity contribution >= 4 is 17.9 Å². The summed E-state index contributed by atoms with van der Waals surface area (Å²) < 4.78 is 16.7. The molecule has 0 rings (SSSR count). The van der Waals surface area contributed by atoms with Crippen LogP contribution in [0.2, 0.25) is 0 Å². The number of carbonyl (C=O) groups is 3. The van der Waals surface area contributed by atoms with Crippen molar-refractivity contribution in [1.29, 1.82) is 0 Å². The summed E-state index contributed by atoms with van der Waals surface area (Å²) in [6, 6.07) is 0. The van der Waals surface area contributed by atoms with Crippen molar-refractivity contribution in [1.82, 2.24) is 0 Å². The standard InChI is InChI=1S/C48H92O6/c1-5-7-9-11-13-14-15-16-17-18-19-20-24-28-31-35-39-46(49)52-42-45(54-48(51)41-37-33-26-12-10-8-6-2)43-53-47(50)40-36-32-29-25-22-21-23-27-30-34-38-44(3)4/h44-45H,5-43H2,1-4H3/t45-/m1/s1. The van der Waals surface area contributed by atoms with Crippen LogP contribution in [-0.4, -0.2) is 37.2 Å². The van der Waals surface area contributed by atoms with Gasteiger partial charge in [0.05, 0.1) is 0 Å². The molecule has 0 spiro atoms. The van der Waals surface area contributed by atoms with Crippen LogP contribution in [0.3, 0.4) is 0 Å². The van der Waals surface area contributed by atoms with Crippen LogP contribution in [0.5, 0.6) is 0 Å². The molecule has 0 aromatic heterocycles. The summed E-state index contributed by atoms with van der Waals surface area (Å²) in [5.41, 5.74) is 0. The minimum atomic E-state index is -0.758. The predicted octanol–water partition coefficient (Wildman–Crippen LogP) is 15.1. The second kappa shape index (κ2) is 42.6. The van der Waals surface area contributed by atoms with E-state index >= 15 is 0 Å². The minimum Gasteiger partial charge on any atom is -0.462 e. The Morgan fingerprint density at radius 3 is 0.907 bits per heavy atom. The highest BCUT2D eigenvalue weighted by Crippen LogP contribution is 2.16. The molecule has 0 unspecified atom stereocenters. The Hall–Kier alpha value is -1.59. The van der Waals surface area contributed by atoms with E-state index in [9.17, 15) is 14.4 Å². The molecule has 1 atom stereocenters. The second-order valence-corrected chi connectivity index (χ2v) is 16.9. The van der Waals surface area contributed by atoms with E-state index in [2.05, 4.69) is 27.7 Å². The van der Waals surface area contributed by atoms with E-state index in [1.807, 2.05) is 0 Å². The number of unbranched alkanes of at least 4 members (excludes halogenated alkanes) is 30. The third kappa shape index (κ3) is 41.6. The van der Waals surface area contributed by atoms with Gasteiger partial charge in [-0.3, -0.25) is 14.4 Å². The van der Waals surface area contributed by atoms with Crippen LogP contribution >= 0.6 is 0 Å². The molecule has 6 nitrogen and oxygen atoms in total. The van der Waals surface area contributed by atoms with Crippen molar-refractivity contribution in [3.63, 3.8) is 0 Å². The van der Waals surface area contributed by atoms with Crippen molar-refractivity contribution in [2.45, 2.75) is 271 Å². The lowest BCUT2D eigenvalue weighted by molar-refractivity contribution is -0.167. The average molecular weight is 765 g/mol. The molecule has 0 bridgehead atoms. The lowest BCUT2D eigenvalue weighted by atomic mass is 10.0. The van der Waals surface area contributed by atoms with Crippen molar-refractivity contribution in [2.24, 2.45) is 5.92 Å². The van der Waals surface area contributed by atoms with E-state index in [4.69, 9.17) is 14.2 Å². The average Bonchev–Trinajstić information content (AvgIpc) is 3.15. The highest BCUT2D eigenvalue weighted by atomic mass is 16.6. The Labute approximate surface area is 336 Å². The molecule has 0 heterocycles. The van der Waals surface area contributed by atoms with Gasteiger partial charge in [-0.15, -0.1) is 0 Å². The van der Waals surface area contributed by atoms with Gasteiger partial charge in [0, 0.05) is 19.3 Å². The molecule has 0 aliphatic carbocycles. The van der Waals surface area contributed by atoms with Gasteiger partial charge in [0.15, 0.2) is 6.10 Å². The van der Waals surface area contributed by atoms with Crippen LogP contribution in [0.1, 0.15) is 265 Å². The zero-order chi connectivity index (χ0) is 39.6. The third-order valence-electron chi connectivity index (χ3n) is 10.8. The summed E-state index contributed by atoms with van der Waals surface area (Å²) in [5.74, 6) is -0.0392. The van der Waals surface area contributed by atoms with Gasteiger partial charge in [-0.1, -0.05) is 227 Å². The van der Waals surface area contributed by atoms with Gasteiger partial charge in [-0.25, -0.2) is 0 Å². The van der Waals surface area contributed by atoms with E-state index in [0.29, 0.717) is 19.3 Å². The summed E-state index contributed by atoms with van der Waals surface area (Å²) >= 11 is 0. The zero-order valence-electron chi connectivity index (χ0n) is 36.7. The van der Waals surface area contributed by atoms with Crippen LogP contribution in [-0.2, 0) is 28.6 Å². The topological polar surface area (TPSA) is 78.9 Å². The van der Waals surface area contributed by atoms with Crippen molar-refractivity contribution in [3.05, 3.63) is 0 Å². The maximum Gasteiger partial charge on any atom is 0.306 e. The first kappa shape index (κ1) is 52.4. The number of hydrogen-bond acceptors (Lipinski definition) is 6. The molecule has 0 saturated heterocycles. The normalized spacial score (nSPS) is 11.9. The lowest BCUT2D eigenvalue weighted by Crippen LogP contribution is -2.30. The van der Waals surface area contributed by atoms with Crippen LogP contribution < -0.4 is 0 Å². The van der Waals surface area contributed by atoms with Gasteiger partial charge in [0.1, 0.15) is 13.2 Å². The number of esters is 3. The molecular weight excluding hydrogens is 673 g/mol. The van der Waals surface area contributed by atoms with Gasteiger partial charge in [0.2, 0.25) is 0 Å². The Morgan fingerprint density at radius 1 is 0.352 bits per heavy atom. The van der Waals surface area contributed by atoms with Gasteiger partial charge >= 0.3 is 17.9 Å². The molecule has 0 aromatic rings. The molecule has 0 saturated carbocycles. The fourth-order valence-corrected chi connectivity index (χ4v) is 7.16. The first-order valence-corrected chi connectivity index (χ1v) is 23.9. The fraction of sp³-hybridized carbons (Fsp3) is 0.938. The lowest BCUT2D eigenvalue weighted by Gasteiger charge is -2.18. The molecule has 6 heteroatoms. The Morgan fingerprint density at radius 2 is 0.611 bits per heavy atom. The van der Waals surface area contributed by atoms with Gasteiger partial charge in [-0.2, -0.15) is 0 Å². The van der Waals surface area contributed by atoms with E-state index in [1.165, 1.54) is 161 Å². The fourth-order valence-electron chi connectivity index (χ4n) is 7.16. The number of carbonyl (C=O) groups excluding carboxylic acids is 3.